The second kappa shape index (κ2) is 8.27. The Morgan fingerprint density at radius 3 is 2.84 bits per heavy atom. The molecule has 3 aromatic heterocycles. The molecule has 1 N–H and O–H groups in total. The van der Waals surface area contributed by atoms with E-state index >= 15 is 0 Å². The molecule has 0 bridgehead atoms. The van der Waals surface area contributed by atoms with Gasteiger partial charge >= 0.3 is 0 Å². The molecule has 4 aromatic rings. The molecule has 8 heteroatoms. The molecule has 6 nitrogen and oxygen atoms in total. The lowest BCUT2D eigenvalue weighted by molar-refractivity contribution is 0.0836. The molecule has 162 valence electrons. The second-order valence-electron chi connectivity index (χ2n) is 8.18. The third-order valence-electron chi connectivity index (χ3n) is 6.19. The van der Waals surface area contributed by atoms with E-state index in [1.54, 1.807) is 11.3 Å². The van der Waals surface area contributed by atoms with Crippen molar-refractivity contribution in [3.63, 3.8) is 0 Å². The lowest BCUT2D eigenvalue weighted by Gasteiger charge is -2.30. The van der Waals surface area contributed by atoms with Crippen LogP contribution in [-0.2, 0) is 4.74 Å². The summed E-state index contributed by atoms with van der Waals surface area (Å²) in [6.45, 7) is 1.60. The fourth-order valence-corrected chi connectivity index (χ4v) is 5.99. The first-order valence-corrected chi connectivity index (χ1v) is 12.1. The van der Waals surface area contributed by atoms with E-state index in [4.69, 9.17) is 21.9 Å². The molecule has 2 fully saturated rings. The Morgan fingerprint density at radius 1 is 1.12 bits per heavy atom. The summed E-state index contributed by atoms with van der Waals surface area (Å²) >= 11 is 7.52. The van der Waals surface area contributed by atoms with Gasteiger partial charge < -0.3 is 15.0 Å². The van der Waals surface area contributed by atoms with Gasteiger partial charge in [0.05, 0.1) is 39.8 Å². The van der Waals surface area contributed by atoms with Gasteiger partial charge in [-0.3, -0.25) is 9.55 Å². The summed E-state index contributed by atoms with van der Waals surface area (Å²) in [5.41, 5.74) is 3.14. The first-order chi connectivity index (χ1) is 15.8. The van der Waals surface area contributed by atoms with Crippen LogP contribution in [0, 0.1) is 0 Å². The Labute approximate surface area is 195 Å². The Bertz CT molecular complexity index is 1210. The van der Waals surface area contributed by atoms with Crippen LogP contribution in [0.5, 0.6) is 0 Å². The molecule has 2 aliphatic heterocycles. The van der Waals surface area contributed by atoms with Crippen LogP contribution in [0.25, 0.3) is 15.3 Å². The van der Waals surface area contributed by atoms with Gasteiger partial charge in [0, 0.05) is 25.5 Å². The largest absolute Gasteiger partial charge is 0.376 e. The maximum atomic E-state index is 5.96. The molecule has 32 heavy (non-hydrogen) atoms. The number of pyridine rings is 1. The summed E-state index contributed by atoms with van der Waals surface area (Å²) in [5, 5.41) is 5.25. The van der Waals surface area contributed by atoms with Crippen molar-refractivity contribution in [2.24, 2.45) is 0 Å². The van der Waals surface area contributed by atoms with Crippen LogP contribution in [-0.4, -0.2) is 43.8 Å². The molecule has 0 radical (unpaired) electrons. The van der Waals surface area contributed by atoms with Crippen molar-refractivity contribution in [3.8, 4) is 5.13 Å². The quantitative estimate of drug-likeness (QED) is 0.437. The molecule has 0 saturated carbocycles. The van der Waals surface area contributed by atoms with Gasteiger partial charge in [-0.1, -0.05) is 29.5 Å². The van der Waals surface area contributed by atoms with E-state index in [2.05, 4.69) is 62.4 Å². The molecule has 0 aliphatic carbocycles. The minimum atomic E-state index is -0.0480. The van der Waals surface area contributed by atoms with E-state index in [-0.39, 0.29) is 18.2 Å². The van der Waals surface area contributed by atoms with Crippen LogP contribution in [0.1, 0.15) is 36.3 Å². The number of nitrogens with zero attached hydrogens (tertiary/aromatic N) is 4. The summed E-state index contributed by atoms with van der Waals surface area (Å²) in [4.78, 5) is 11.8. The zero-order valence-corrected chi connectivity index (χ0v) is 19.1. The highest BCUT2D eigenvalue weighted by atomic mass is 32.1. The average molecular weight is 462 g/mol. The molecule has 0 amide bonds. The predicted molar refractivity (Wildman–Crippen MR) is 130 cm³/mol. The van der Waals surface area contributed by atoms with Crippen LogP contribution >= 0.6 is 23.6 Å². The number of para-hydroxylation sites is 1. The molecule has 2 aliphatic rings. The zero-order valence-electron chi connectivity index (χ0n) is 17.4. The van der Waals surface area contributed by atoms with E-state index in [1.165, 1.54) is 4.70 Å². The normalized spacial score (nSPS) is 23.2. The number of ether oxygens (including phenoxy) is 1. The van der Waals surface area contributed by atoms with Crippen molar-refractivity contribution in [3.05, 3.63) is 78.4 Å². The fraction of sp³-hybridized carbons (Fsp3) is 0.292. The van der Waals surface area contributed by atoms with Crippen molar-refractivity contribution >= 4 is 38.9 Å². The summed E-state index contributed by atoms with van der Waals surface area (Å²) in [7, 11) is 0. The lowest BCUT2D eigenvalue weighted by atomic mass is 10.0. The van der Waals surface area contributed by atoms with Gasteiger partial charge in [0.15, 0.2) is 10.2 Å². The molecule has 6 rings (SSSR count). The van der Waals surface area contributed by atoms with Gasteiger partial charge in [0.1, 0.15) is 0 Å². The number of thiazole rings is 1. The summed E-state index contributed by atoms with van der Waals surface area (Å²) in [6.07, 6.45) is 6.31. The Hall–Kier alpha value is -2.81. The van der Waals surface area contributed by atoms with Crippen molar-refractivity contribution < 1.29 is 4.74 Å². The highest BCUT2D eigenvalue weighted by molar-refractivity contribution is 7.80. The smallest absolute Gasteiger partial charge is 0.194 e. The fourth-order valence-electron chi connectivity index (χ4n) is 4.70. The van der Waals surface area contributed by atoms with Crippen LogP contribution in [0.4, 0.5) is 0 Å². The van der Waals surface area contributed by atoms with Gasteiger partial charge in [-0.25, -0.2) is 4.98 Å². The van der Waals surface area contributed by atoms with Crippen molar-refractivity contribution in [2.75, 3.05) is 13.2 Å². The average Bonchev–Trinajstić information content (AvgIpc) is 3.61. The monoisotopic (exact) mass is 461 g/mol. The van der Waals surface area contributed by atoms with Crippen LogP contribution in [0.2, 0.25) is 0 Å². The van der Waals surface area contributed by atoms with E-state index in [9.17, 15) is 0 Å². The zero-order chi connectivity index (χ0) is 21.5. The molecule has 3 unspecified atom stereocenters. The molecule has 0 spiro atoms. The molecular formula is C24H23N5OS2. The third kappa shape index (κ3) is 3.48. The van der Waals surface area contributed by atoms with Gasteiger partial charge in [-0.15, -0.1) is 0 Å². The summed E-state index contributed by atoms with van der Waals surface area (Å²) in [6, 6.07) is 18.5. The van der Waals surface area contributed by atoms with Crippen molar-refractivity contribution in [2.45, 2.75) is 31.0 Å². The number of nitrogens with one attached hydrogen (secondary N) is 1. The lowest BCUT2D eigenvalue weighted by Crippen LogP contribution is -2.36. The SMILES string of the molecule is S=C1NC(c2ccccn2)C(c2cccn2-c2nc3ccccc3s2)N1CC1CCCO1. The summed E-state index contributed by atoms with van der Waals surface area (Å²) in [5.74, 6) is 0. The Kier molecular flexibility index (Phi) is 5.13. The second-order valence-corrected chi connectivity index (χ2v) is 9.58. The minimum Gasteiger partial charge on any atom is -0.376 e. The Balaban J connectivity index is 1.44. The standard InChI is InChI=1S/C24H23N5OS2/c31-23-27-21(18-9-3-4-12-25-18)22(29(23)15-16-7-6-14-30-16)19-10-5-13-28(19)24-26-17-8-1-2-11-20(17)32-24/h1-5,8-13,16,21-22H,6-7,14-15H2,(H,27,31). The molecular weight excluding hydrogens is 438 g/mol. The summed E-state index contributed by atoms with van der Waals surface area (Å²) < 4.78 is 9.34. The number of rotatable bonds is 5. The number of aromatic nitrogens is 3. The van der Waals surface area contributed by atoms with Gasteiger partial charge in [-0.2, -0.15) is 0 Å². The first-order valence-electron chi connectivity index (χ1n) is 10.9. The maximum Gasteiger partial charge on any atom is 0.194 e. The van der Waals surface area contributed by atoms with Crippen LogP contribution in [0.3, 0.4) is 0 Å². The minimum absolute atomic E-state index is 0.0105. The predicted octanol–water partition coefficient (Wildman–Crippen LogP) is 4.63. The third-order valence-corrected chi connectivity index (χ3v) is 7.58. The van der Waals surface area contributed by atoms with E-state index in [1.807, 2.05) is 24.4 Å². The highest BCUT2D eigenvalue weighted by Crippen LogP contribution is 2.40. The first kappa shape index (κ1) is 19.8. The molecule has 2 saturated heterocycles. The topological polar surface area (TPSA) is 55.2 Å². The maximum absolute atomic E-state index is 5.96. The van der Waals surface area contributed by atoms with Crippen LogP contribution < -0.4 is 5.32 Å². The highest BCUT2D eigenvalue weighted by Gasteiger charge is 2.42. The van der Waals surface area contributed by atoms with Crippen molar-refractivity contribution in [1.82, 2.24) is 24.8 Å². The number of thiocarbonyl (C=S) groups is 1. The number of hydrogen-bond acceptors (Lipinski definition) is 5. The Morgan fingerprint density at radius 2 is 2.03 bits per heavy atom. The molecule has 3 atom stereocenters. The van der Waals surface area contributed by atoms with E-state index in [0.717, 1.165) is 53.1 Å². The van der Waals surface area contributed by atoms with Crippen LogP contribution in [0.15, 0.2) is 67.0 Å². The van der Waals surface area contributed by atoms with Gasteiger partial charge in [0.2, 0.25) is 0 Å². The number of benzene rings is 1. The van der Waals surface area contributed by atoms with E-state index in [0.29, 0.717) is 0 Å². The van der Waals surface area contributed by atoms with E-state index < -0.39 is 0 Å². The molecule has 5 heterocycles. The van der Waals surface area contributed by atoms with Crippen molar-refractivity contribution in [1.29, 1.82) is 0 Å². The van der Waals surface area contributed by atoms with Gasteiger partial charge in [0.25, 0.3) is 0 Å². The molecule has 1 aromatic carbocycles. The van der Waals surface area contributed by atoms with Gasteiger partial charge in [-0.05, 0) is 61.5 Å². The number of hydrogen-bond donors (Lipinski definition) is 1. The number of fused-ring (bicyclic) bond motifs is 1.